The van der Waals surface area contributed by atoms with Gasteiger partial charge in [-0.2, -0.15) is 0 Å². The summed E-state index contributed by atoms with van der Waals surface area (Å²) in [5.74, 6) is 0.642. The average Bonchev–Trinajstić information content (AvgIpc) is 3.15. The molecule has 5 nitrogen and oxygen atoms in total. The third kappa shape index (κ3) is 5.38. The number of carbonyl (C=O) groups is 1. The Kier molecular flexibility index (Phi) is 6.36. The number of anilines is 2. The van der Waals surface area contributed by atoms with Crippen molar-refractivity contribution in [2.24, 2.45) is 0 Å². The number of halogens is 1. The monoisotopic (exact) mass is 374 g/mol. The molecular weight excluding hydrogens is 352 g/mol. The molecule has 1 aliphatic rings. The molecule has 2 aromatic carbocycles. The summed E-state index contributed by atoms with van der Waals surface area (Å²) < 4.78 is 11.2. The van der Waals surface area contributed by atoms with Gasteiger partial charge in [-0.1, -0.05) is 17.7 Å². The molecule has 1 atom stereocenters. The summed E-state index contributed by atoms with van der Waals surface area (Å²) in [6, 6.07) is 12.9. The number of carbonyl (C=O) groups excluding carboxylic acids is 1. The van der Waals surface area contributed by atoms with Gasteiger partial charge in [-0.25, -0.2) is 0 Å². The van der Waals surface area contributed by atoms with Crippen LogP contribution < -0.4 is 15.4 Å². The second-order valence-corrected chi connectivity index (χ2v) is 6.77. The molecule has 1 fully saturated rings. The largest absolute Gasteiger partial charge is 0.491 e. The van der Waals surface area contributed by atoms with E-state index in [1.807, 2.05) is 49.4 Å². The highest BCUT2D eigenvalue weighted by Crippen LogP contribution is 2.20. The van der Waals surface area contributed by atoms with Crippen molar-refractivity contribution >= 4 is 28.9 Å². The van der Waals surface area contributed by atoms with Gasteiger partial charge < -0.3 is 20.1 Å². The van der Waals surface area contributed by atoms with E-state index in [1.165, 1.54) is 0 Å². The number of amides is 1. The molecule has 0 spiro atoms. The van der Waals surface area contributed by atoms with E-state index in [2.05, 4.69) is 10.6 Å². The van der Waals surface area contributed by atoms with Crippen molar-refractivity contribution < 1.29 is 14.3 Å². The van der Waals surface area contributed by atoms with Crippen LogP contribution in [0.4, 0.5) is 11.4 Å². The highest BCUT2D eigenvalue weighted by atomic mass is 35.5. The molecule has 2 aromatic rings. The second kappa shape index (κ2) is 8.92. The Morgan fingerprint density at radius 2 is 2.08 bits per heavy atom. The van der Waals surface area contributed by atoms with Crippen molar-refractivity contribution in [2.45, 2.75) is 25.9 Å². The third-order valence-corrected chi connectivity index (χ3v) is 4.47. The Hall–Kier alpha value is -2.24. The first-order valence-electron chi connectivity index (χ1n) is 8.74. The fraction of sp³-hybridized carbons (Fsp3) is 0.350. The smallest absolute Gasteiger partial charge is 0.243 e. The maximum Gasteiger partial charge on any atom is 0.243 e. The Morgan fingerprint density at radius 3 is 2.81 bits per heavy atom. The van der Waals surface area contributed by atoms with Crippen LogP contribution in [0.2, 0.25) is 5.02 Å². The first-order chi connectivity index (χ1) is 12.6. The quantitative estimate of drug-likeness (QED) is 0.760. The number of aryl methyl sites for hydroxylation is 1. The summed E-state index contributed by atoms with van der Waals surface area (Å²) in [6.45, 7) is 3.51. The first-order valence-corrected chi connectivity index (χ1v) is 9.12. The Balaban J connectivity index is 1.45. The number of ether oxygens (including phenoxy) is 2. The number of rotatable bonds is 7. The van der Waals surface area contributed by atoms with Crippen molar-refractivity contribution in [1.82, 2.24) is 0 Å². The van der Waals surface area contributed by atoms with E-state index in [0.29, 0.717) is 11.6 Å². The van der Waals surface area contributed by atoms with Crippen LogP contribution in [0.25, 0.3) is 0 Å². The van der Waals surface area contributed by atoms with Crippen molar-refractivity contribution in [3.8, 4) is 5.75 Å². The topological polar surface area (TPSA) is 59.6 Å². The van der Waals surface area contributed by atoms with Gasteiger partial charge in [0, 0.05) is 23.0 Å². The molecule has 0 aromatic heterocycles. The lowest BCUT2D eigenvalue weighted by atomic mass is 10.2. The number of benzene rings is 2. The summed E-state index contributed by atoms with van der Waals surface area (Å²) in [7, 11) is 0. The van der Waals surface area contributed by atoms with Crippen LogP contribution in [0, 0.1) is 6.92 Å². The molecular formula is C20H23ClN2O3. The lowest BCUT2D eigenvalue weighted by molar-refractivity contribution is -0.114. The molecule has 2 N–H and O–H groups in total. The van der Waals surface area contributed by atoms with Gasteiger partial charge in [0.15, 0.2) is 0 Å². The van der Waals surface area contributed by atoms with E-state index in [1.54, 1.807) is 0 Å². The van der Waals surface area contributed by atoms with E-state index in [4.69, 9.17) is 21.1 Å². The molecule has 3 rings (SSSR count). The van der Waals surface area contributed by atoms with E-state index in [-0.39, 0.29) is 18.6 Å². The van der Waals surface area contributed by atoms with E-state index >= 15 is 0 Å². The van der Waals surface area contributed by atoms with Crippen LogP contribution in [0.3, 0.4) is 0 Å². The predicted octanol–water partition coefficient (Wildman–Crippen LogP) is 4.26. The van der Waals surface area contributed by atoms with Gasteiger partial charge in [0.25, 0.3) is 0 Å². The SMILES string of the molecule is Cc1ccc(Cl)cc1NCC(=O)Nc1ccc(OCC2CCCO2)cc1. The molecule has 0 radical (unpaired) electrons. The van der Waals surface area contributed by atoms with Crippen LogP contribution in [0.5, 0.6) is 5.75 Å². The molecule has 1 amide bonds. The van der Waals surface area contributed by atoms with Gasteiger partial charge in [-0.15, -0.1) is 0 Å². The highest BCUT2D eigenvalue weighted by Gasteiger charge is 2.15. The molecule has 1 aliphatic heterocycles. The van der Waals surface area contributed by atoms with Crippen molar-refractivity contribution in [3.05, 3.63) is 53.1 Å². The Morgan fingerprint density at radius 1 is 1.27 bits per heavy atom. The normalized spacial score (nSPS) is 16.3. The molecule has 26 heavy (non-hydrogen) atoms. The predicted molar refractivity (Wildman–Crippen MR) is 104 cm³/mol. The van der Waals surface area contributed by atoms with Crippen LogP contribution in [0.15, 0.2) is 42.5 Å². The van der Waals surface area contributed by atoms with E-state index in [0.717, 1.165) is 42.1 Å². The first kappa shape index (κ1) is 18.5. The van der Waals surface area contributed by atoms with Crippen LogP contribution in [0.1, 0.15) is 18.4 Å². The van der Waals surface area contributed by atoms with E-state index in [9.17, 15) is 4.79 Å². The second-order valence-electron chi connectivity index (χ2n) is 6.33. The minimum absolute atomic E-state index is 0.127. The minimum Gasteiger partial charge on any atom is -0.491 e. The molecule has 0 bridgehead atoms. The molecule has 138 valence electrons. The fourth-order valence-corrected chi connectivity index (χ4v) is 2.94. The maximum absolute atomic E-state index is 12.1. The van der Waals surface area contributed by atoms with Gasteiger partial charge in [-0.05, 0) is 61.7 Å². The standard InChI is InChI=1S/C20H23ClN2O3/c1-14-4-5-15(21)11-19(14)22-12-20(24)23-16-6-8-17(9-7-16)26-13-18-3-2-10-25-18/h4-9,11,18,22H,2-3,10,12-13H2,1H3,(H,23,24). The highest BCUT2D eigenvalue weighted by molar-refractivity contribution is 6.30. The van der Waals surface area contributed by atoms with Gasteiger partial charge >= 0.3 is 0 Å². The zero-order valence-corrected chi connectivity index (χ0v) is 15.5. The number of hydrogen-bond acceptors (Lipinski definition) is 4. The zero-order valence-electron chi connectivity index (χ0n) is 14.8. The molecule has 1 unspecified atom stereocenters. The van der Waals surface area contributed by atoms with Gasteiger partial charge in [0.2, 0.25) is 5.91 Å². The zero-order chi connectivity index (χ0) is 18.4. The fourth-order valence-electron chi connectivity index (χ4n) is 2.76. The number of hydrogen-bond donors (Lipinski definition) is 2. The molecule has 6 heteroatoms. The summed E-state index contributed by atoms with van der Waals surface area (Å²) in [4.78, 5) is 12.1. The van der Waals surface area contributed by atoms with Crippen LogP contribution in [-0.4, -0.2) is 31.8 Å². The van der Waals surface area contributed by atoms with Crippen molar-refractivity contribution in [2.75, 3.05) is 30.4 Å². The molecule has 1 heterocycles. The van der Waals surface area contributed by atoms with Crippen molar-refractivity contribution in [3.63, 3.8) is 0 Å². The Labute approximate surface area is 158 Å². The molecule has 0 saturated carbocycles. The van der Waals surface area contributed by atoms with Crippen LogP contribution >= 0.6 is 11.6 Å². The summed E-state index contributed by atoms with van der Waals surface area (Å²) in [5, 5.41) is 6.59. The summed E-state index contributed by atoms with van der Waals surface area (Å²) in [6.07, 6.45) is 2.34. The lowest BCUT2D eigenvalue weighted by Crippen LogP contribution is -2.22. The third-order valence-electron chi connectivity index (χ3n) is 4.24. The maximum atomic E-state index is 12.1. The molecule has 0 aliphatic carbocycles. The summed E-state index contributed by atoms with van der Waals surface area (Å²) in [5.41, 5.74) is 2.62. The number of nitrogens with one attached hydrogen (secondary N) is 2. The van der Waals surface area contributed by atoms with Crippen molar-refractivity contribution in [1.29, 1.82) is 0 Å². The summed E-state index contributed by atoms with van der Waals surface area (Å²) >= 11 is 5.98. The Bertz CT molecular complexity index is 743. The minimum atomic E-state index is -0.127. The van der Waals surface area contributed by atoms with Gasteiger partial charge in [0.05, 0.1) is 12.6 Å². The average molecular weight is 375 g/mol. The van der Waals surface area contributed by atoms with Crippen LogP contribution in [-0.2, 0) is 9.53 Å². The lowest BCUT2D eigenvalue weighted by Gasteiger charge is -2.12. The van der Waals surface area contributed by atoms with Gasteiger partial charge in [0.1, 0.15) is 12.4 Å². The molecule has 1 saturated heterocycles. The van der Waals surface area contributed by atoms with E-state index < -0.39 is 0 Å². The van der Waals surface area contributed by atoms with Gasteiger partial charge in [-0.3, -0.25) is 4.79 Å².